The lowest BCUT2D eigenvalue weighted by molar-refractivity contribution is 0.242. The molecule has 1 aromatic heterocycles. The predicted molar refractivity (Wildman–Crippen MR) is 90.1 cm³/mol. The lowest BCUT2D eigenvalue weighted by Crippen LogP contribution is -2.05. The third-order valence-electron chi connectivity index (χ3n) is 2.57. The van der Waals surface area contributed by atoms with E-state index in [9.17, 15) is 0 Å². The number of anilines is 1. The normalized spacial score (nSPS) is 10.7. The predicted octanol–water partition coefficient (Wildman–Crippen LogP) is 3.97. The van der Waals surface area contributed by atoms with Crippen LogP contribution >= 0.6 is 22.6 Å². The summed E-state index contributed by atoms with van der Waals surface area (Å²) >= 11 is 2.23. The van der Waals surface area contributed by atoms with E-state index in [4.69, 9.17) is 4.74 Å². The number of nitrogens with one attached hydrogen (secondary N) is 1. The fraction of sp³-hybridized carbons (Fsp3) is 0.333. The molecule has 0 saturated heterocycles. The molecule has 1 heterocycles. The number of benzene rings is 1. The van der Waals surface area contributed by atoms with Crippen molar-refractivity contribution >= 4 is 28.4 Å². The van der Waals surface area contributed by atoms with Crippen LogP contribution in [0.5, 0.6) is 5.75 Å². The zero-order valence-corrected chi connectivity index (χ0v) is 14.0. The van der Waals surface area contributed by atoms with Gasteiger partial charge < -0.3 is 10.1 Å². The first kappa shape index (κ1) is 15.0. The highest BCUT2D eigenvalue weighted by atomic mass is 127. The van der Waals surface area contributed by atoms with E-state index >= 15 is 0 Å². The molecule has 0 spiro atoms. The Hall–Kier alpha value is -1.37. The number of aromatic nitrogens is 2. The van der Waals surface area contributed by atoms with Crippen LogP contribution in [0, 0.1) is 3.57 Å². The zero-order valence-electron chi connectivity index (χ0n) is 11.9. The highest BCUT2D eigenvalue weighted by Gasteiger charge is 2.07. The molecule has 0 saturated carbocycles. The maximum atomic E-state index is 5.63. The van der Waals surface area contributed by atoms with Crippen LogP contribution in [-0.2, 0) is 0 Å². The number of nitrogens with zero attached hydrogens (tertiary/aromatic N) is 2. The summed E-state index contributed by atoms with van der Waals surface area (Å²) in [5, 5.41) is 3.24. The highest BCUT2D eigenvalue weighted by Crippen LogP contribution is 2.23. The van der Waals surface area contributed by atoms with Gasteiger partial charge in [0.2, 0.25) is 0 Å². The Labute approximate surface area is 133 Å². The molecule has 2 aromatic rings. The molecule has 0 unspecified atom stereocenters. The number of rotatable bonds is 5. The van der Waals surface area contributed by atoms with Crippen molar-refractivity contribution in [3.8, 4) is 17.1 Å². The molecule has 0 bridgehead atoms. The fourth-order valence-electron chi connectivity index (χ4n) is 1.75. The summed E-state index contributed by atoms with van der Waals surface area (Å²) in [6.07, 6.45) is 2.01. The van der Waals surface area contributed by atoms with Gasteiger partial charge in [-0.05, 0) is 67.6 Å². The van der Waals surface area contributed by atoms with Gasteiger partial charge >= 0.3 is 0 Å². The SMILES string of the molecule is CCNc1nc(-c2ccc(OC(C)C)cc2)ncc1I. The van der Waals surface area contributed by atoms with Crippen molar-refractivity contribution in [3.05, 3.63) is 34.0 Å². The van der Waals surface area contributed by atoms with Crippen LogP contribution in [0.15, 0.2) is 30.5 Å². The molecule has 5 heteroatoms. The molecule has 0 radical (unpaired) electrons. The lowest BCUT2D eigenvalue weighted by Gasteiger charge is -2.10. The second-order valence-electron chi connectivity index (χ2n) is 4.61. The van der Waals surface area contributed by atoms with E-state index in [0.29, 0.717) is 0 Å². The summed E-state index contributed by atoms with van der Waals surface area (Å²) in [6, 6.07) is 7.86. The molecule has 0 aliphatic rings. The number of hydrogen-bond acceptors (Lipinski definition) is 4. The van der Waals surface area contributed by atoms with Crippen molar-refractivity contribution in [2.45, 2.75) is 26.9 Å². The first-order valence-electron chi connectivity index (χ1n) is 6.63. The Balaban J connectivity index is 2.25. The van der Waals surface area contributed by atoms with Crippen LogP contribution in [0.4, 0.5) is 5.82 Å². The van der Waals surface area contributed by atoms with Crippen LogP contribution in [0.3, 0.4) is 0 Å². The van der Waals surface area contributed by atoms with Gasteiger partial charge in [0.05, 0.1) is 9.67 Å². The molecule has 4 nitrogen and oxygen atoms in total. The van der Waals surface area contributed by atoms with Crippen LogP contribution < -0.4 is 10.1 Å². The molecule has 0 atom stereocenters. The maximum Gasteiger partial charge on any atom is 0.161 e. The van der Waals surface area contributed by atoms with Gasteiger partial charge in [-0.3, -0.25) is 0 Å². The van der Waals surface area contributed by atoms with Crippen LogP contribution in [0.25, 0.3) is 11.4 Å². The zero-order chi connectivity index (χ0) is 14.5. The highest BCUT2D eigenvalue weighted by molar-refractivity contribution is 14.1. The molecule has 1 aromatic carbocycles. The van der Waals surface area contributed by atoms with Crippen LogP contribution in [0.2, 0.25) is 0 Å². The standard InChI is InChI=1S/C15H18IN3O/c1-4-17-15-13(16)9-18-14(19-15)11-5-7-12(8-6-11)20-10(2)3/h5-10H,4H2,1-3H3,(H,17,18,19). The number of hydrogen-bond donors (Lipinski definition) is 1. The van der Waals surface area contributed by atoms with Crippen molar-refractivity contribution in [2.24, 2.45) is 0 Å². The van der Waals surface area contributed by atoms with E-state index in [1.54, 1.807) is 0 Å². The monoisotopic (exact) mass is 383 g/mol. The van der Waals surface area contributed by atoms with Gasteiger partial charge in [-0.2, -0.15) is 0 Å². The summed E-state index contributed by atoms with van der Waals surface area (Å²) in [5.41, 5.74) is 0.983. The Kier molecular flexibility index (Phi) is 5.17. The summed E-state index contributed by atoms with van der Waals surface area (Å²) < 4.78 is 6.65. The summed E-state index contributed by atoms with van der Waals surface area (Å²) in [6.45, 7) is 6.92. The van der Waals surface area contributed by atoms with Crippen molar-refractivity contribution in [1.82, 2.24) is 9.97 Å². The molecule has 0 fully saturated rings. The second kappa shape index (κ2) is 6.88. The van der Waals surface area contributed by atoms with E-state index in [1.165, 1.54) is 0 Å². The first-order valence-corrected chi connectivity index (χ1v) is 7.71. The minimum absolute atomic E-state index is 0.177. The van der Waals surface area contributed by atoms with Gasteiger partial charge in [0.1, 0.15) is 11.6 Å². The summed E-state index contributed by atoms with van der Waals surface area (Å²) in [5.74, 6) is 2.46. The first-order chi connectivity index (χ1) is 9.60. The third-order valence-corrected chi connectivity index (χ3v) is 3.36. The number of halogens is 1. The van der Waals surface area contributed by atoms with Crippen molar-refractivity contribution in [3.63, 3.8) is 0 Å². The quantitative estimate of drug-likeness (QED) is 0.794. The molecular weight excluding hydrogens is 365 g/mol. The Morgan fingerprint density at radius 1 is 1.25 bits per heavy atom. The van der Waals surface area contributed by atoms with Crippen LogP contribution in [0.1, 0.15) is 20.8 Å². The maximum absolute atomic E-state index is 5.63. The van der Waals surface area contributed by atoms with Gasteiger partial charge in [-0.25, -0.2) is 9.97 Å². The third kappa shape index (κ3) is 3.82. The topological polar surface area (TPSA) is 47.0 Å². The molecule has 20 heavy (non-hydrogen) atoms. The average molecular weight is 383 g/mol. The van der Waals surface area contributed by atoms with E-state index in [0.717, 1.165) is 33.1 Å². The second-order valence-corrected chi connectivity index (χ2v) is 5.77. The van der Waals surface area contributed by atoms with Crippen molar-refractivity contribution in [1.29, 1.82) is 0 Å². The fourth-order valence-corrected chi connectivity index (χ4v) is 2.20. The minimum atomic E-state index is 0.177. The van der Waals surface area contributed by atoms with Gasteiger partial charge in [-0.15, -0.1) is 0 Å². The van der Waals surface area contributed by atoms with Crippen LogP contribution in [-0.4, -0.2) is 22.6 Å². The molecule has 2 rings (SSSR count). The molecule has 0 aliphatic carbocycles. The Morgan fingerprint density at radius 3 is 2.55 bits per heavy atom. The largest absolute Gasteiger partial charge is 0.491 e. The molecule has 106 valence electrons. The number of ether oxygens (including phenoxy) is 1. The summed E-state index contributed by atoms with van der Waals surface area (Å²) in [4.78, 5) is 8.93. The van der Waals surface area contributed by atoms with Gasteiger partial charge in [0.15, 0.2) is 5.82 Å². The van der Waals surface area contributed by atoms with Crippen molar-refractivity contribution in [2.75, 3.05) is 11.9 Å². The Bertz CT molecular complexity index is 570. The van der Waals surface area contributed by atoms with Gasteiger partial charge in [-0.1, -0.05) is 0 Å². The van der Waals surface area contributed by atoms with E-state index in [1.807, 2.05) is 44.3 Å². The Morgan fingerprint density at radius 2 is 1.95 bits per heavy atom. The van der Waals surface area contributed by atoms with E-state index in [-0.39, 0.29) is 6.10 Å². The molecular formula is C15H18IN3O. The minimum Gasteiger partial charge on any atom is -0.491 e. The average Bonchev–Trinajstić information content (AvgIpc) is 2.42. The summed E-state index contributed by atoms with van der Waals surface area (Å²) in [7, 11) is 0. The van der Waals surface area contributed by atoms with Gasteiger partial charge in [0, 0.05) is 18.3 Å². The van der Waals surface area contributed by atoms with E-state index in [2.05, 4.69) is 44.8 Å². The molecule has 0 amide bonds. The van der Waals surface area contributed by atoms with E-state index < -0.39 is 0 Å². The lowest BCUT2D eigenvalue weighted by atomic mass is 10.2. The molecule has 1 N–H and O–H groups in total. The molecule has 0 aliphatic heterocycles. The van der Waals surface area contributed by atoms with Gasteiger partial charge in [0.25, 0.3) is 0 Å². The van der Waals surface area contributed by atoms with Crippen molar-refractivity contribution < 1.29 is 4.74 Å². The smallest absolute Gasteiger partial charge is 0.161 e.